The van der Waals surface area contributed by atoms with Crippen LogP contribution in [0.4, 0.5) is 0 Å². The summed E-state index contributed by atoms with van der Waals surface area (Å²) in [6, 6.07) is 7.66. The fourth-order valence-electron chi connectivity index (χ4n) is 1.16. The number of aliphatic hydroxyl groups is 1. The molecule has 0 aliphatic rings. The van der Waals surface area contributed by atoms with Crippen LogP contribution >= 0.6 is 22.6 Å². The van der Waals surface area contributed by atoms with Crippen LogP contribution in [0, 0.1) is 13.2 Å². The van der Waals surface area contributed by atoms with E-state index in [9.17, 15) is 5.11 Å². The number of aliphatic hydroxyl groups excluding tert-OH is 1. The summed E-state index contributed by atoms with van der Waals surface area (Å²) in [5.41, 5.74) is 1.19. The normalized spacial score (nSPS) is 10.7. The molecule has 0 saturated carbocycles. The summed E-state index contributed by atoms with van der Waals surface area (Å²) < 4.78 is 6.41. The third kappa shape index (κ3) is 5.37. The molecular weight excluding hydrogens is 303 g/mol. The number of halogens is 1. The molecule has 83 valence electrons. The van der Waals surface area contributed by atoms with E-state index < -0.39 is 0 Å². The molecule has 2 nitrogen and oxygen atoms in total. The van der Waals surface area contributed by atoms with Gasteiger partial charge in [0.1, 0.15) is 5.75 Å². The molecule has 1 aromatic carbocycles. The Balaban J connectivity index is 2.31. The maximum atomic E-state index is 9.49. The fraction of sp³-hybridized carbons (Fsp3) is 0.417. The highest BCUT2D eigenvalue weighted by Gasteiger charge is 2.07. The lowest BCUT2D eigenvalue weighted by molar-refractivity contribution is 0.0907. The molecule has 0 heterocycles. The van der Waals surface area contributed by atoms with E-state index in [0.717, 1.165) is 17.3 Å². The molecule has 0 atom stereocenters. The number of hydrogen-bond donors (Lipinski definition) is 1. The number of rotatable bonds is 6. The van der Waals surface area contributed by atoms with Crippen molar-refractivity contribution in [2.75, 3.05) is 4.43 Å². The summed E-state index contributed by atoms with van der Waals surface area (Å²) in [4.78, 5) is 0. The van der Waals surface area contributed by atoms with Gasteiger partial charge in [-0.2, -0.15) is 0 Å². The van der Waals surface area contributed by atoms with Crippen LogP contribution in [0.1, 0.15) is 24.8 Å². The van der Waals surface area contributed by atoms with Gasteiger partial charge in [-0.05, 0) is 36.3 Å². The zero-order valence-electron chi connectivity index (χ0n) is 8.87. The van der Waals surface area contributed by atoms with Gasteiger partial charge in [-0.25, -0.2) is 0 Å². The van der Waals surface area contributed by atoms with Gasteiger partial charge in [-0.15, -0.1) is 0 Å². The largest absolute Gasteiger partial charge is 0.455 e. The third-order valence-electron chi connectivity index (χ3n) is 2.03. The molecule has 0 unspecified atom stereocenters. The molecular formula is C12H16IO2. The van der Waals surface area contributed by atoms with Gasteiger partial charge in [0.05, 0.1) is 0 Å². The molecule has 0 amide bonds. The molecule has 0 aromatic heterocycles. The summed E-state index contributed by atoms with van der Waals surface area (Å²) in [5, 5.41) is 9.49. The van der Waals surface area contributed by atoms with Gasteiger partial charge in [0.2, 0.25) is 0 Å². The smallest absolute Gasteiger partial charge is 0.273 e. The maximum absolute atomic E-state index is 9.49. The van der Waals surface area contributed by atoms with E-state index in [-0.39, 0.29) is 6.29 Å². The van der Waals surface area contributed by atoms with Crippen molar-refractivity contribution in [3.63, 3.8) is 0 Å². The lowest BCUT2D eigenvalue weighted by Crippen LogP contribution is -2.05. The van der Waals surface area contributed by atoms with Gasteiger partial charge in [-0.1, -0.05) is 40.3 Å². The van der Waals surface area contributed by atoms with E-state index in [1.165, 1.54) is 5.56 Å². The minimum Gasteiger partial charge on any atom is -0.455 e. The van der Waals surface area contributed by atoms with E-state index in [2.05, 4.69) is 22.6 Å². The first-order chi connectivity index (χ1) is 7.22. The summed E-state index contributed by atoms with van der Waals surface area (Å²) in [7, 11) is 0. The predicted molar refractivity (Wildman–Crippen MR) is 69.7 cm³/mol. The molecule has 0 spiro atoms. The first kappa shape index (κ1) is 12.8. The Morgan fingerprint density at radius 3 is 2.53 bits per heavy atom. The first-order valence-corrected chi connectivity index (χ1v) is 6.60. The number of hydrogen-bond acceptors (Lipinski definition) is 2. The summed E-state index contributed by atoms with van der Waals surface area (Å²) >= 11 is 2.33. The highest BCUT2D eigenvalue weighted by atomic mass is 127. The second kappa shape index (κ2) is 7.06. The molecule has 1 rings (SSSR count). The Kier molecular flexibility index (Phi) is 6.02. The van der Waals surface area contributed by atoms with Crippen molar-refractivity contribution in [3.05, 3.63) is 36.1 Å². The topological polar surface area (TPSA) is 29.5 Å². The minimum absolute atomic E-state index is 0.115. The van der Waals surface area contributed by atoms with Crippen molar-refractivity contribution in [3.8, 4) is 5.75 Å². The van der Waals surface area contributed by atoms with E-state index in [1.807, 2.05) is 31.2 Å². The van der Waals surface area contributed by atoms with Crippen molar-refractivity contribution in [2.45, 2.75) is 26.2 Å². The molecule has 0 aliphatic carbocycles. The van der Waals surface area contributed by atoms with Gasteiger partial charge in [0.25, 0.3) is 6.29 Å². The Hall–Kier alpha value is -0.290. The van der Waals surface area contributed by atoms with Gasteiger partial charge < -0.3 is 9.84 Å². The lowest BCUT2D eigenvalue weighted by Gasteiger charge is -2.11. The molecule has 15 heavy (non-hydrogen) atoms. The van der Waals surface area contributed by atoms with Gasteiger partial charge in [0.15, 0.2) is 0 Å². The molecule has 0 saturated heterocycles. The average Bonchev–Trinajstić information content (AvgIpc) is 2.22. The number of aryl methyl sites for hydroxylation is 1. The van der Waals surface area contributed by atoms with Crippen molar-refractivity contribution < 1.29 is 9.84 Å². The molecule has 0 bridgehead atoms. The maximum Gasteiger partial charge on any atom is 0.273 e. The Labute approximate surface area is 105 Å². The zero-order chi connectivity index (χ0) is 11.1. The van der Waals surface area contributed by atoms with Crippen LogP contribution in [0.2, 0.25) is 0 Å². The van der Waals surface area contributed by atoms with Crippen LogP contribution in [-0.2, 0) is 0 Å². The number of unbranched alkanes of at least 4 members (excludes halogenated alkanes) is 1. The molecule has 3 heteroatoms. The van der Waals surface area contributed by atoms with E-state index >= 15 is 0 Å². The molecule has 1 radical (unpaired) electrons. The highest BCUT2D eigenvalue weighted by Crippen LogP contribution is 2.18. The summed E-state index contributed by atoms with van der Waals surface area (Å²) in [5.74, 6) is 0.701. The SMILES string of the molecule is Cc1ccc(O[C](O)CCCCI)cc1. The van der Waals surface area contributed by atoms with Gasteiger partial charge >= 0.3 is 0 Å². The predicted octanol–water partition coefficient (Wildman–Crippen LogP) is 3.84. The Morgan fingerprint density at radius 2 is 1.93 bits per heavy atom. The number of benzene rings is 1. The van der Waals surface area contributed by atoms with Crippen LogP contribution in [0.5, 0.6) is 5.75 Å². The van der Waals surface area contributed by atoms with E-state index in [0.29, 0.717) is 12.2 Å². The third-order valence-corrected chi connectivity index (χ3v) is 2.79. The standard InChI is InChI=1S/C12H16IO2/c1-10-5-7-11(8-6-10)15-12(14)4-2-3-9-13/h5-8,14H,2-4,9H2,1H3. The monoisotopic (exact) mass is 319 g/mol. The second-order valence-electron chi connectivity index (χ2n) is 3.45. The van der Waals surface area contributed by atoms with Crippen LogP contribution < -0.4 is 4.74 Å². The molecule has 1 N–H and O–H groups in total. The Morgan fingerprint density at radius 1 is 1.27 bits per heavy atom. The Bertz CT molecular complexity index is 271. The van der Waals surface area contributed by atoms with Crippen molar-refractivity contribution in [1.29, 1.82) is 0 Å². The van der Waals surface area contributed by atoms with Crippen molar-refractivity contribution in [2.24, 2.45) is 0 Å². The molecule has 0 fully saturated rings. The van der Waals surface area contributed by atoms with Crippen LogP contribution in [0.15, 0.2) is 24.3 Å². The zero-order valence-corrected chi connectivity index (χ0v) is 11.0. The highest BCUT2D eigenvalue weighted by molar-refractivity contribution is 14.1. The van der Waals surface area contributed by atoms with Crippen molar-refractivity contribution >= 4 is 22.6 Å². The van der Waals surface area contributed by atoms with Crippen LogP contribution in [-0.4, -0.2) is 9.53 Å². The van der Waals surface area contributed by atoms with Gasteiger partial charge in [0, 0.05) is 6.42 Å². The fourth-order valence-corrected chi connectivity index (χ4v) is 1.70. The van der Waals surface area contributed by atoms with Crippen LogP contribution in [0.25, 0.3) is 0 Å². The van der Waals surface area contributed by atoms with Crippen LogP contribution in [0.3, 0.4) is 0 Å². The second-order valence-corrected chi connectivity index (χ2v) is 4.53. The first-order valence-electron chi connectivity index (χ1n) is 5.07. The van der Waals surface area contributed by atoms with Crippen molar-refractivity contribution in [1.82, 2.24) is 0 Å². The quantitative estimate of drug-likeness (QED) is 0.490. The average molecular weight is 319 g/mol. The van der Waals surface area contributed by atoms with E-state index in [4.69, 9.17) is 4.74 Å². The summed E-state index contributed by atoms with van der Waals surface area (Å²) in [6.45, 7) is 2.02. The molecule has 0 aliphatic heterocycles. The van der Waals surface area contributed by atoms with E-state index in [1.54, 1.807) is 0 Å². The number of ether oxygens (including phenoxy) is 1. The molecule has 1 aromatic rings. The number of alkyl halides is 1. The summed E-state index contributed by atoms with van der Waals surface area (Å²) in [6.07, 6.45) is 2.82. The minimum atomic E-state index is 0.115. The lowest BCUT2D eigenvalue weighted by atomic mass is 10.2. The van der Waals surface area contributed by atoms with Gasteiger partial charge in [-0.3, -0.25) is 0 Å².